The van der Waals surface area contributed by atoms with Crippen LogP contribution in [0.4, 0.5) is 0 Å². The molecule has 0 radical (unpaired) electrons. The number of hydrogen-bond acceptors (Lipinski definition) is 2. The fraction of sp³-hybridized carbons (Fsp3) is 0.562. The van der Waals surface area contributed by atoms with Gasteiger partial charge in [-0.1, -0.05) is 31.0 Å². The first-order valence-electron chi connectivity index (χ1n) is 7.25. The maximum atomic E-state index is 5.32. The highest BCUT2D eigenvalue weighted by Gasteiger charge is 2.22. The van der Waals surface area contributed by atoms with Crippen LogP contribution in [0.2, 0.25) is 0 Å². The van der Waals surface area contributed by atoms with E-state index in [1.165, 1.54) is 49.1 Å². The van der Waals surface area contributed by atoms with Crippen LogP contribution in [0, 0.1) is 5.92 Å². The lowest BCUT2D eigenvalue weighted by atomic mass is 9.89. The van der Waals surface area contributed by atoms with Gasteiger partial charge >= 0.3 is 0 Å². The molecule has 2 aliphatic rings. The fourth-order valence-corrected chi connectivity index (χ4v) is 4.01. The van der Waals surface area contributed by atoms with Gasteiger partial charge in [0.15, 0.2) is 12.1 Å². The van der Waals surface area contributed by atoms with E-state index in [0.29, 0.717) is 0 Å². The van der Waals surface area contributed by atoms with Gasteiger partial charge in [-0.05, 0) is 31.0 Å². The Hall–Kier alpha value is -0.960. The van der Waals surface area contributed by atoms with Crippen molar-refractivity contribution in [3.05, 3.63) is 23.8 Å². The van der Waals surface area contributed by atoms with Crippen LogP contribution in [0.1, 0.15) is 37.7 Å². The van der Waals surface area contributed by atoms with Gasteiger partial charge in [0, 0.05) is 10.8 Å². The van der Waals surface area contributed by atoms with Crippen molar-refractivity contribution in [2.45, 2.75) is 37.0 Å². The Morgan fingerprint density at radius 1 is 1.26 bits per heavy atom. The maximum Gasteiger partial charge on any atom is 0.193 e. The van der Waals surface area contributed by atoms with E-state index in [4.69, 9.17) is 4.74 Å². The highest BCUT2D eigenvalue weighted by molar-refractivity contribution is 7.99. The van der Waals surface area contributed by atoms with E-state index in [1.807, 2.05) is 11.8 Å². The van der Waals surface area contributed by atoms with Gasteiger partial charge in [0.2, 0.25) is 0 Å². The zero-order valence-electron chi connectivity index (χ0n) is 11.6. The van der Waals surface area contributed by atoms with Gasteiger partial charge in [-0.3, -0.25) is 0 Å². The average molecular weight is 276 g/mol. The molecule has 1 aromatic rings. The first-order valence-corrected chi connectivity index (χ1v) is 8.23. The summed E-state index contributed by atoms with van der Waals surface area (Å²) in [5.74, 6) is 2.95. The zero-order chi connectivity index (χ0) is 13.1. The molecule has 1 fully saturated rings. The summed E-state index contributed by atoms with van der Waals surface area (Å²) < 4.78 is 7.81. The molecule has 1 heterocycles. The van der Waals surface area contributed by atoms with Crippen molar-refractivity contribution >= 4 is 18.0 Å². The second kappa shape index (κ2) is 6.00. The standard InChI is InChI=1S/C16H22NOS/c1-18-15-7-8-16-14(9-15)11-17(12-19-16)10-13-5-3-2-4-6-13/h7-9,11,13H,2-6,10,12H2,1H3/q+1. The molecule has 0 amide bonds. The molecule has 3 rings (SSSR count). The predicted octanol–water partition coefficient (Wildman–Crippen LogP) is 3.77. The predicted molar refractivity (Wildman–Crippen MR) is 80.6 cm³/mol. The monoisotopic (exact) mass is 276 g/mol. The molecule has 19 heavy (non-hydrogen) atoms. The van der Waals surface area contributed by atoms with Crippen LogP contribution in [0.15, 0.2) is 23.1 Å². The minimum Gasteiger partial charge on any atom is -0.497 e. The number of methoxy groups -OCH3 is 1. The third kappa shape index (κ3) is 3.14. The van der Waals surface area contributed by atoms with Crippen molar-refractivity contribution in [1.29, 1.82) is 0 Å². The molecule has 0 aromatic heterocycles. The Bertz CT molecular complexity index is 478. The quantitative estimate of drug-likeness (QED) is 0.779. The third-order valence-corrected chi connectivity index (χ3v) is 5.29. The molecule has 1 aromatic carbocycles. The van der Waals surface area contributed by atoms with Crippen LogP contribution in [-0.2, 0) is 0 Å². The summed E-state index contributed by atoms with van der Waals surface area (Å²) in [5, 5.41) is 0. The maximum absolute atomic E-state index is 5.32. The first kappa shape index (κ1) is 13.0. The van der Waals surface area contributed by atoms with Gasteiger partial charge in [0.1, 0.15) is 12.3 Å². The van der Waals surface area contributed by atoms with Crippen LogP contribution >= 0.6 is 11.8 Å². The SMILES string of the molecule is COc1ccc2c(c1)C=[N+](CC1CCCCC1)CS2. The van der Waals surface area contributed by atoms with E-state index in [-0.39, 0.29) is 0 Å². The topological polar surface area (TPSA) is 12.2 Å². The van der Waals surface area contributed by atoms with Crippen LogP contribution in [0.3, 0.4) is 0 Å². The molecule has 0 unspecified atom stereocenters. The second-order valence-corrected chi connectivity index (χ2v) is 6.57. The van der Waals surface area contributed by atoms with Gasteiger partial charge in [-0.15, -0.1) is 0 Å². The Kier molecular flexibility index (Phi) is 4.12. The lowest BCUT2D eigenvalue weighted by Gasteiger charge is -2.21. The summed E-state index contributed by atoms with van der Waals surface area (Å²) in [6.45, 7) is 1.23. The molecule has 0 spiro atoms. The molecular weight excluding hydrogens is 254 g/mol. The summed E-state index contributed by atoms with van der Waals surface area (Å²) in [5.41, 5.74) is 1.31. The van der Waals surface area contributed by atoms with E-state index in [1.54, 1.807) is 7.11 Å². The lowest BCUT2D eigenvalue weighted by Crippen LogP contribution is -2.25. The smallest absolute Gasteiger partial charge is 0.193 e. The minimum absolute atomic E-state index is 0.901. The summed E-state index contributed by atoms with van der Waals surface area (Å²) in [6, 6.07) is 6.37. The van der Waals surface area contributed by atoms with Gasteiger partial charge in [0.25, 0.3) is 0 Å². The highest BCUT2D eigenvalue weighted by atomic mass is 32.2. The van der Waals surface area contributed by atoms with E-state index < -0.39 is 0 Å². The Labute approximate surface area is 119 Å². The van der Waals surface area contributed by atoms with Crippen molar-refractivity contribution in [2.75, 3.05) is 19.5 Å². The largest absolute Gasteiger partial charge is 0.497 e. The fourth-order valence-electron chi connectivity index (χ4n) is 3.08. The van der Waals surface area contributed by atoms with Crippen molar-refractivity contribution < 1.29 is 9.31 Å². The first-order chi connectivity index (χ1) is 9.35. The molecular formula is C16H22NOS+. The van der Waals surface area contributed by atoms with Crippen molar-refractivity contribution in [3.63, 3.8) is 0 Å². The summed E-state index contributed by atoms with van der Waals surface area (Å²) in [4.78, 5) is 1.38. The second-order valence-electron chi connectivity index (χ2n) is 5.58. The Balaban J connectivity index is 1.74. The van der Waals surface area contributed by atoms with Crippen molar-refractivity contribution in [2.24, 2.45) is 5.92 Å². The van der Waals surface area contributed by atoms with E-state index in [2.05, 4.69) is 29.0 Å². The number of ether oxygens (including phenoxy) is 1. The van der Waals surface area contributed by atoms with E-state index in [9.17, 15) is 0 Å². The number of thioether (sulfide) groups is 1. The van der Waals surface area contributed by atoms with Crippen molar-refractivity contribution in [1.82, 2.24) is 0 Å². The van der Waals surface area contributed by atoms with Crippen LogP contribution in [-0.4, -0.2) is 30.3 Å². The highest BCUT2D eigenvalue weighted by Crippen LogP contribution is 2.30. The molecule has 0 atom stereocenters. The van der Waals surface area contributed by atoms with Crippen LogP contribution in [0.5, 0.6) is 5.75 Å². The van der Waals surface area contributed by atoms with E-state index >= 15 is 0 Å². The molecule has 0 bridgehead atoms. The number of fused-ring (bicyclic) bond motifs is 1. The zero-order valence-corrected chi connectivity index (χ0v) is 12.4. The van der Waals surface area contributed by atoms with E-state index in [0.717, 1.165) is 17.5 Å². The average Bonchev–Trinajstić information content (AvgIpc) is 2.47. The molecule has 1 saturated carbocycles. The molecule has 2 nitrogen and oxygen atoms in total. The van der Waals surface area contributed by atoms with Crippen molar-refractivity contribution in [3.8, 4) is 5.75 Å². The summed E-state index contributed by atoms with van der Waals surface area (Å²) >= 11 is 1.94. The Morgan fingerprint density at radius 3 is 2.89 bits per heavy atom. The number of benzene rings is 1. The van der Waals surface area contributed by atoms with Gasteiger partial charge < -0.3 is 4.74 Å². The third-order valence-electron chi connectivity index (χ3n) is 4.14. The van der Waals surface area contributed by atoms with Gasteiger partial charge in [-0.2, -0.15) is 0 Å². The van der Waals surface area contributed by atoms with Gasteiger partial charge in [0.05, 0.1) is 12.7 Å². The molecule has 1 aliphatic heterocycles. The molecule has 1 aliphatic carbocycles. The Morgan fingerprint density at radius 2 is 2.11 bits per heavy atom. The number of hydrogen-bond donors (Lipinski definition) is 0. The normalized spacial score (nSPS) is 19.7. The molecule has 102 valence electrons. The minimum atomic E-state index is 0.901. The molecule has 0 N–H and O–H groups in total. The molecule has 0 saturated heterocycles. The number of rotatable bonds is 3. The molecule has 3 heteroatoms. The lowest BCUT2D eigenvalue weighted by molar-refractivity contribution is -0.511. The van der Waals surface area contributed by atoms with Crippen LogP contribution in [0.25, 0.3) is 0 Å². The van der Waals surface area contributed by atoms with Gasteiger partial charge in [-0.25, -0.2) is 4.58 Å². The summed E-state index contributed by atoms with van der Waals surface area (Å²) in [6.07, 6.45) is 9.45. The van der Waals surface area contributed by atoms with Crippen LogP contribution < -0.4 is 4.74 Å². The summed E-state index contributed by atoms with van der Waals surface area (Å²) in [7, 11) is 1.73. The number of nitrogens with zero attached hydrogens (tertiary/aromatic N) is 1.